The van der Waals surface area contributed by atoms with Gasteiger partial charge in [-0.1, -0.05) is 92.6 Å². The Bertz CT molecular complexity index is 1700. The average Bonchev–Trinajstić information content (AvgIpc) is 3.34. The van der Waals surface area contributed by atoms with Crippen LogP contribution in [0.3, 0.4) is 0 Å². The Hall–Kier alpha value is -3.92. The first-order valence-electron chi connectivity index (χ1n) is 15.2. The van der Waals surface area contributed by atoms with Crippen molar-refractivity contribution in [2.45, 2.75) is 71.5 Å². The number of fused-ring (bicyclic) bond motifs is 2. The zero-order chi connectivity index (χ0) is 29.4. The molecule has 4 aliphatic rings. The maximum Gasteiger partial charge on any atom is 0.338 e. The fraction of sp³-hybridized carbons (Fsp3) is 0.368. The van der Waals surface area contributed by atoms with Crippen molar-refractivity contribution < 1.29 is 19.1 Å². The molecule has 4 aromatic carbocycles. The van der Waals surface area contributed by atoms with E-state index in [9.17, 15) is 9.59 Å². The van der Waals surface area contributed by atoms with E-state index in [-0.39, 0.29) is 29.7 Å². The highest BCUT2D eigenvalue weighted by Crippen LogP contribution is 2.75. The molecule has 4 nitrogen and oxygen atoms in total. The van der Waals surface area contributed by atoms with Crippen molar-refractivity contribution in [2.24, 2.45) is 16.7 Å². The number of esters is 2. The highest BCUT2D eigenvalue weighted by molar-refractivity contribution is 5.94. The Morgan fingerprint density at radius 3 is 1.71 bits per heavy atom. The van der Waals surface area contributed by atoms with Gasteiger partial charge < -0.3 is 9.47 Å². The number of hydrogen-bond acceptors (Lipinski definition) is 4. The predicted octanol–water partition coefficient (Wildman–Crippen LogP) is 8.54. The van der Waals surface area contributed by atoms with Crippen LogP contribution in [0.5, 0.6) is 0 Å². The number of carbonyl (C=O) groups excluding carboxylic acids is 2. The zero-order valence-electron chi connectivity index (χ0n) is 25.0. The predicted molar refractivity (Wildman–Crippen MR) is 165 cm³/mol. The number of aryl methyl sites for hydroxylation is 2. The van der Waals surface area contributed by atoms with E-state index in [4.69, 9.17) is 9.47 Å². The summed E-state index contributed by atoms with van der Waals surface area (Å²) in [5.41, 5.74) is 5.04. The molecule has 4 heteroatoms. The van der Waals surface area contributed by atoms with Crippen molar-refractivity contribution >= 4 is 22.7 Å². The molecule has 3 fully saturated rings. The van der Waals surface area contributed by atoms with Crippen molar-refractivity contribution in [2.75, 3.05) is 0 Å². The lowest BCUT2D eigenvalue weighted by atomic mass is 9.40. The van der Waals surface area contributed by atoms with Gasteiger partial charge in [0.15, 0.2) is 0 Å². The summed E-state index contributed by atoms with van der Waals surface area (Å²) in [5, 5.41) is 2.56. The van der Waals surface area contributed by atoms with E-state index in [1.807, 2.05) is 62.4 Å². The van der Waals surface area contributed by atoms with Crippen molar-refractivity contribution in [3.63, 3.8) is 0 Å². The van der Waals surface area contributed by atoms with Crippen LogP contribution in [0.15, 0.2) is 84.9 Å². The quantitative estimate of drug-likeness (QED) is 0.230. The molecule has 6 unspecified atom stereocenters. The fourth-order valence-electron chi connectivity index (χ4n) is 8.77. The smallest absolute Gasteiger partial charge is 0.338 e. The second-order valence-electron chi connectivity index (χ2n) is 13.4. The van der Waals surface area contributed by atoms with Crippen LogP contribution in [0, 0.1) is 30.6 Å². The number of hydrogen-bond donors (Lipinski definition) is 0. The number of carbonyl (C=O) groups is 2. The van der Waals surface area contributed by atoms with Gasteiger partial charge in [-0.15, -0.1) is 0 Å². The lowest BCUT2D eigenvalue weighted by Crippen LogP contribution is -2.69. The molecule has 0 heterocycles. The minimum Gasteiger partial charge on any atom is -0.454 e. The van der Waals surface area contributed by atoms with Crippen molar-refractivity contribution in [1.29, 1.82) is 0 Å². The first-order chi connectivity index (χ1) is 20.1. The summed E-state index contributed by atoms with van der Waals surface area (Å²) >= 11 is 0. The highest BCUT2D eigenvalue weighted by atomic mass is 16.6. The van der Waals surface area contributed by atoms with Gasteiger partial charge in [-0.05, 0) is 78.8 Å². The molecule has 0 saturated heterocycles. The van der Waals surface area contributed by atoms with Crippen LogP contribution in [0.2, 0.25) is 0 Å². The highest BCUT2D eigenvalue weighted by Gasteiger charge is 2.73. The molecule has 0 spiro atoms. The van der Waals surface area contributed by atoms with Crippen LogP contribution >= 0.6 is 0 Å². The molecule has 0 aliphatic heterocycles. The summed E-state index contributed by atoms with van der Waals surface area (Å²) in [7, 11) is 0. The molecule has 4 aromatic rings. The summed E-state index contributed by atoms with van der Waals surface area (Å²) in [6, 6.07) is 28.2. The van der Waals surface area contributed by atoms with Gasteiger partial charge in [0.1, 0.15) is 12.2 Å². The molecule has 0 amide bonds. The Kier molecular flexibility index (Phi) is 6.13. The molecule has 0 aromatic heterocycles. The second-order valence-corrected chi connectivity index (χ2v) is 13.4. The largest absolute Gasteiger partial charge is 0.454 e. The normalized spacial score (nSPS) is 29.0. The van der Waals surface area contributed by atoms with Crippen LogP contribution in [-0.2, 0) is 9.47 Å². The zero-order valence-corrected chi connectivity index (χ0v) is 25.0. The molecule has 42 heavy (non-hydrogen) atoms. The van der Waals surface area contributed by atoms with Crippen molar-refractivity contribution in [3.8, 4) is 0 Å². The lowest BCUT2D eigenvalue weighted by molar-refractivity contribution is -0.229. The Balaban J connectivity index is 1.40. The average molecular weight is 559 g/mol. The van der Waals surface area contributed by atoms with Gasteiger partial charge in [-0.3, -0.25) is 0 Å². The van der Waals surface area contributed by atoms with E-state index >= 15 is 0 Å². The molecule has 214 valence electrons. The number of rotatable bonds is 5. The van der Waals surface area contributed by atoms with E-state index in [2.05, 4.69) is 57.2 Å². The van der Waals surface area contributed by atoms with E-state index in [1.54, 1.807) is 0 Å². The molecule has 6 atom stereocenters. The van der Waals surface area contributed by atoms with Crippen LogP contribution < -0.4 is 0 Å². The monoisotopic (exact) mass is 558 g/mol. The summed E-state index contributed by atoms with van der Waals surface area (Å²) < 4.78 is 13.2. The molecule has 0 radical (unpaired) electrons. The summed E-state index contributed by atoms with van der Waals surface area (Å²) in [6.07, 6.45) is 0.603. The third-order valence-corrected chi connectivity index (χ3v) is 10.9. The van der Waals surface area contributed by atoms with Gasteiger partial charge in [0.05, 0.1) is 11.1 Å². The maximum atomic E-state index is 13.8. The maximum absolute atomic E-state index is 13.8. The Morgan fingerprint density at radius 1 is 0.690 bits per heavy atom. The third-order valence-electron chi connectivity index (χ3n) is 10.9. The fourth-order valence-corrected chi connectivity index (χ4v) is 8.77. The third kappa shape index (κ3) is 3.73. The van der Waals surface area contributed by atoms with Crippen LogP contribution in [0.25, 0.3) is 10.8 Å². The summed E-state index contributed by atoms with van der Waals surface area (Å²) in [6.45, 7) is 10.8. The Labute approximate surface area is 248 Å². The number of benzene rings is 4. The molecular formula is C38H38O4. The summed E-state index contributed by atoms with van der Waals surface area (Å²) in [4.78, 5) is 27.6. The van der Waals surface area contributed by atoms with Gasteiger partial charge in [0.2, 0.25) is 0 Å². The van der Waals surface area contributed by atoms with E-state index in [0.717, 1.165) is 24.0 Å². The van der Waals surface area contributed by atoms with Crippen LogP contribution in [0.1, 0.15) is 88.4 Å². The van der Waals surface area contributed by atoms with E-state index < -0.39 is 23.0 Å². The van der Waals surface area contributed by atoms with Crippen molar-refractivity contribution in [1.82, 2.24) is 0 Å². The van der Waals surface area contributed by atoms with Gasteiger partial charge in [-0.2, -0.15) is 0 Å². The molecule has 0 N–H and O–H groups in total. The van der Waals surface area contributed by atoms with E-state index in [1.165, 1.54) is 21.9 Å². The summed E-state index contributed by atoms with van der Waals surface area (Å²) in [5.74, 6) is -0.245. The minimum absolute atomic E-state index is 0.153. The van der Waals surface area contributed by atoms with Crippen molar-refractivity contribution in [3.05, 3.63) is 118 Å². The van der Waals surface area contributed by atoms with Gasteiger partial charge in [0.25, 0.3) is 0 Å². The number of ether oxygens (including phenoxy) is 2. The molecular weight excluding hydrogens is 520 g/mol. The van der Waals surface area contributed by atoms with E-state index in [0.29, 0.717) is 11.1 Å². The minimum atomic E-state index is -0.595. The first-order valence-corrected chi connectivity index (χ1v) is 15.2. The van der Waals surface area contributed by atoms with Crippen LogP contribution in [-0.4, -0.2) is 24.1 Å². The van der Waals surface area contributed by atoms with Gasteiger partial charge in [-0.25, -0.2) is 9.59 Å². The molecule has 3 saturated carbocycles. The van der Waals surface area contributed by atoms with Crippen LogP contribution in [0.4, 0.5) is 0 Å². The first kappa shape index (κ1) is 26.9. The van der Waals surface area contributed by atoms with Gasteiger partial charge >= 0.3 is 11.9 Å². The molecule has 4 aliphatic carbocycles. The van der Waals surface area contributed by atoms with Gasteiger partial charge in [0, 0.05) is 22.7 Å². The second kappa shape index (κ2) is 9.55. The molecule has 2 bridgehead atoms. The SMILES string of the molecule is Cc1ccc(C(=O)OC2C(OC(=O)c3ccc(C)cc3)C3(C(C)C)CCC2(C)C2c4cccc5cccc(c45)C23)cc1. The topological polar surface area (TPSA) is 52.6 Å². The Morgan fingerprint density at radius 2 is 1.19 bits per heavy atom. The molecule has 8 rings (SSSR count). The standard InChI is InChI=1S/C38H38O4/c1-22(2)38-21-20-37(5,31-28-10-6-8-25-9-7-11-29(30(25)28)32(31)38)33(41-35(39)26-16-12-23(3)13-17-26)34(38)42-36(40)27-18-14-24(4)15-19-27/h6-19,22,31-34H,20-21H2,1-5H3. The lowest BCUT2D eigenvalue weighted by Gasteiger charge is -2.66.